The second-order valence-electron chi connectivity index (χ2n) is 5.52. The molecule has 8 heteroatoms. The van der Waals surface area contributed by atoms with Crippen molar-refractivity contribution in [1.82, 2.24) is 15.2 Å². The van der Waals surface area contributed by atoms with Crippen LogP contribution in [0.2, 0.25) is 0 Å². The van der Waals surface area contributed by atoms with Crippen LogP contribution >= 0.6 is 0 Å². The molecule has 3 rings (SSSR count). The minimum absolute atomic E-state index is 0.107. The Kier molecular flexibility index (Phi) is 4.43. The molecule has 0 saturated carbocycles. The number of halogens is 3. The molecular weight excluding hydrogens is 335 g/mol. The Morgan fingerprint density at radius 3 is 2.64 bits per heavy atom. The third-order valence-corrected chi connectivity index (χ3v) is 3.94. The van der Waals surface area contributed by atoms with Gasteiger partial charge in [-0.2, -0.15) is 13.2 Å². The van der Waals surface area contributed by atoms with E-state index in [4.69, 9.17) is 0 Å². The lowest BCUT2D eigenvalue weighted by Gasteiger charge is -2.36. The van der Waals surface area contributed by atoms with Crippen LogP contribution in [-0.4, -0.2) is 34.8 Å². The Bertz CT molecular complexity index is 793. The molecule has 5 nitrogen and oxygen atoms in total. The van der Waals surface area contributed by atoms with Gasteiger partial charge >= 0.3 is 6.18 Å². The van der Waals surface area contributed by atoms with Crippen LogP contribution in [0.5, 0.6) is 0 Å². The third kappa shape index (κ3) is 3.33. The number of carbonyl (C=O) groups excluding carboxylic acids is 2. The number of benzene rings is 1. The Balaban J connectivity index is 2.06. The molecule has 0 radical (unpaired) electrons. The molecule has 25 heavy (non-hydrogen) atoms. The summed E-state index contributed by atoms with van der Waals surface area (Å²) < 4.78 is 40.0. The molecule has 2 aromatic rings. The highest BCUT2D eigenvalue weighted by Gasteiger charge is 2.41. The quantitative estimate of drug-likeness (QED) is 0.906. The van der Waals surface area contributed by atoms with E-state index in [0.717, 1.165) is 11.0 Å². The largest absolute Gasteiger partial charge is 0.416 e. The maximum absolute atomic E-state index is 13.3. The first-order valence-electron chi connectivity index (χ1n) is 7.54. The van der Waals surface area contributed by atoms with Gasteiger partial charge in [0.2, 0.25) is 5.91 Å². The van der Waals surface area contributed by atoms with Gasteiger partial charge in [0.1, 0.15) is 6.04 Å². The minimum Gasteiger partial charge on any atom is -0.352 e. The fourth-order valence-electron chi connectivity index (χ4n) is 2.84. The molecule has 130 valence electrons. The fraction of sp³-hybridized carbons (Fsp3) is 0.235. The van der Waals surface area contributed by atoms with Crippen molar-refractivity contribution in [1.29, 1.82) is 0 Å². The number of aromatic nitrogens is 1. The van der Waals surface area contributed by atoms with Crippen molar-refractivity contribution in [3.8, 4) is 0 Å². The molecule has 2 amide bonds. The van der Waals surface area contributed by atoms with Gasteiger partial charge in [-0.1, -0.05) is 18.2 Å². The molecule has 0 bridgehead atoms. The highest BCUT2D eigenvalue weighted by Crippen LogP contribution is 2.37. The zero-order valence-corrected chi connectivity index (χ0v) is 13.0. The number of nitrogens with zero attached hydrogens (tertiary/aromatic N) is 2. The average Bonchev–Trinajstić information content (AvgIpc) is 2.61. The number of rotatable bonds is 2. The van der Waals surface area contributed by atoms with E-state index in [-0.39, 0.29) is 24.2 Å². The van der Waals surface area contributed by atoms with E-state index in [0.29, 0.717) is 0 Å². The molecule has 1 aromatic carbocycles. The predicted molar refractivity (Wildman–Crippen MR) is 82.5 cm³/mol. The summed E-state index contributed by atoms with van der Waals surface area (Å²) in [5.74, 6) is -1.18. The van der Waals surface area contributed by atoms with Crippen molar-refractivity contribution < 1.29 is 22.8 Å². The number of hydrogen-bond acceptors (Lipinski definition) is 3. The SMILES string of the molecule is O=C1NCCN(C(=O)c2cccnc2)[C@H]1c1ccccc1C(F)(F)F. The van der Waals surface area contributed by atoms with Crippen LogP contribution in [0.25, 0.3) is 0 Å². The monoisotopic (exact) mass is 349 g/mol. The summed E-state index contributed by atoms with van der Waals surface area (Å²) in [6, 6.07) is 6.51. The van der Waals surface area contributed by atoms with E-state index >= 15 is 0 Å². The van der Waals surface area contributed by atoms with Gasteiger partial charge in [-0.25, -0.2) is 0 Å². The van der Waals surface area contributed by atoms with E-state index in [1.165, 1.54) is 36.7 Å². The first-order chi connectivity index (χ1) is 11.9. The van der Waals surface area contributed by atoms with Gasteiger partial charge in [-0.3, -0.25) is 14.6 Å². The Labute approximate surface area is 141 Å². The summed E-state index contributed by atoms with van der Waals surface area (Å²) in [5, 5.41) is 2.53. The van der Waals surface area contributed by atoms with E-state index < -0.39 is 29.6 Å². The van der Waals surface area contributed by atoms with Crippen LogP contribution in [0.4, 0.5) is 13.2 Å². The standard InChI is InChI=1S/C17H14F3N3O2/c18-17(19,20)13-6-2-1-5-12(13)14-15(24)22-8-9-23(14)16(25)11-4-3-7-21-10-11/h1-7,10,14H,8-9H2,(H,22,24)/t14-/m0/s1. The summed E-state index contributed by atoms with van der Waals surface area (Å²) in [6.45, 7) is 0.284. The summed E-state index contributed by atoms with van der Waals surface area (Å²) >= 11 is 0. The van der Waals surface area contributed by atoms with E-state index in [9.17, 15) is 22.8 Å². The predicted octanol–water partition coefficient (Wildman–Crippen LogP) is 2.41. The molecule has 1 aliphatic heterocycles. The lowest BCUT2D eigenvalue weighted by molar-refractivity contribution is -0.139. The number of amides is 2. The first kappa shape index (κ1) is 16.9. The normalized spacial score (nSPS) is 18.0. The molecule has 0 aliphatic carbocycles. The van der Waals surface area contributed by atoms with Gasteiger partial charge in [0.15, 0.2) is 0 Å². The lowest BCUT2D eigenvalue weighted by atomic mass is 9.96. The van der Waals surface area contributed by atoms with Crippen LogP contribution in [0.3, 0.4) is 0 Å². The molecule has 1 aliphatic rings. The van der Waals surface area contributed by atoms with Gasteiger partial charge in [0.25, 0.3) is 5.91 Å². The Morgan fingerprint density at radius 2 is 1.96 bits per heavy atom. The summed E-state index contributed by atoms with van der Waals surface area (Å²) in [6.07, 6.45) is -1.82. The number of hydrogen-bond donors (Lipinski definition) is 1. The van der Waals surface area contributed by atoms with Crippen molar-refractivity contribution in [3.05, 3.63) is 65.5 Å². The molecular formula is C17H14F3N3O2. The third-order valence-electron chi connectivity index (χ3n) is 3.94. The van der Waals surface area contributed by atoms with Gasteiger partial charge in [0.05, 0.1) is 11.1 Å². The van der Waals surface area contributed by atoms with Crippen molar-refractivity contribution in [2.24, 2.45) is 0 Å². The van der Waals surface area contributed by atoms with E-state index in [1.807, 2.05) is 0 Å². The van der Waals surface area contributed by atoms with E-state index in [2.05, 4.69) is 10.3 Å². The zero-order valence-electron chi connectivity index (χ0n) is 13.0. The summed E-state index contributed by atoms with van der Waals surface area (Å²) in [4.78, 5) is 30.0. The minimum atomic E-state index is -4.63. The summed E-state index contributed by atoms with van der Waals surface area (Å²) in [7, 11) is 0. The maximum Gasteiger partial charge on any atom is 0.416 e. The number of alkyl halides is 3. The number of pyridine rings is 1. The molecule has 0 spiro atoms. The Hall–Kier alpha value is -2.90. The topological polar surface area (TPSA) is 62.3 Å². The van der Waals surface area contributed by atoms with Gasteiger partial charge in [0, 0.05) is 25.5 Å². The van der Waals surface area contributed by atoms with Crippen LogP contribution < -0.4 is 5.32 Å². The molecule has 1 fully saturated rings. The fourth-order valence-corrected chi connectivity index (χ4v) is 2.84. The molecule has 1 atom stereocenters. The smallest absolute Gasteiger partial charge is 0.352 e. The second kappa shape index (κ2) is 6.54. The average molecular weight is 349 g/mol. The lowest BCUT2D eigenvalue weighted by Crippen LogP contribution is -2.52. The van der Waals surface area contributed by atoms with Gasteiger partial charge in [-0.05, 0) is 23.8 Å². The highest BCUT2D eigenvalue weighted by atomic mass is 19.4. The molecule has 0 unspecified atom stereocenters. The van der Waals surface area contributed by atoms with Crippen molar-refractivity contribution in [2.75, 3.05) is 13.1 Å². The van der Waals surface area contributed by atoms with Gasteiger partial charge in [-0.15, -0.1) is 0 Å². The second-order valence-corrected chi connectivity index (χ2v) is 5.52. The van der Waals surface area contributed by atoms with Crippen LogP contribution in [-0.2, 0) is 11.0 Å². The molecule has 1 N–H and O–H groups in total. The molecule has 1 aromatic heterocycles. The van der Waals surface area contributed by atoms with E-state index in [1.54, 1.807) is 6.07 Å². The molecule has 2 heterocycles. The van der Waals surface area contributed by atoms with Crippen LogP contribution in [0.1, 0.15) is 27.5 Å². The van der Waals surface area contributed by atoms with Gasteiger partial charge < -0.3 is 10.2 Å². The zero-order chi connectivity index (χ0) is 18.0. The maximum atomic E-state index is 13.3. The first-order valence-corrected chi connectivity index (χ1v) is 7.54. The van der Waals surface area contributed by atoms with Crippen LogP contribution in [0.15, 0.2) is 48.8 Å². The van der Waals surface area contributed by atoms with Crippen molar-refractivity contribution in [2.45, 2.75) is 12.2 Å². The van der Waals surface area contributed by atoms with Crippen molar-refractivity contribution >= 4 is 11.8 Å². The number of piperazine rings is 1. The molecule has 1 saturated heterocycles. The summed E-state index contributed by atoms with van der Waals surface area (Å²) in [5.41, 5.74) is -0.961. The van der Waals surface area contributed by atoms with Crippen molar-refractivity contribution in [3.63, 3.8) is 0 Å². The highest BCUT2D eigenvalue weighted by molar-refractivity contribution is 5.98. The Morgan fingerprint density at radius 1 is 1.20 bits per heavy atom. The number of carbonyl (C=O) groups is 2. The van der Waals surface area contributed by atoms with Crippen LogP contribution in [0, 0.1) is 0 Å². The number of nitrogens with one attached hydrogen (secondary N) is 1.